The van der Waals surface area contributed by atoms with Crippen LogP contribution in [0.25, 0.3) is 0 Å². The van der Waals surface area contributed by atoms with Gasteiger partial charge < -0.3 is 13.3 Å². The minimum absolute atomic E-state index is 0.0807. The molecule has 1 aromatic carbocycles. The molecule has 3 nitrogen and oxygen atoms in total. The first kappa shape index (κ1) is 20.2. The van der Waals surface area contributed by atoms with E-state index >= 15 is 0 Å². The third-order valence-corrected chi connectivity index (χ3v) is 6.51. The standard InChI is InChI=1S/C16H25F3O3Si/c1-4-20-23(21-5-2,22-6-3)10-8-7-9-14-15(18)11-13(17)12-16(14)19/h11-12H,4-10H2,1-3H3. The van der Waals surface area contributed by atoms with E-state index in [9.17, 15) is 13.2 Å². The first-order chi connectivity index (χ1) is 11.0. The molecule has 0 spiro atoms. The van der Waals surface area contributed by atoms with Gasteiger partial charge in [-0.25, -0.2) is 13.2 Å². The Morgan fingerprint density at radius 1 is 0.826 bits per heavy atom. The maximum Gasteiger partial charge on any atom is 0.500 e. The molecule has 132 valence electrons. The second-order valence-corrected chi connectivity index (χ2v) is 7.77. The van der Waals surface area contributed by atoms with Crippen LogP contribution in [0.5, 0.6) is 0 Å². The van der Waals surface area contributed by atoms with Gasteiger partial charge >= 0.3 is 8.80 Å². The van der Waals surface area contributed by atoms with Crippen molar-refractivity contribution in [3.63, 3.8) is 0 Å². The zero-order valence-corrected chi connectivity index (χ0v) is 15.0. The van der Waals surface area contributed by atoms with Gasteiger partial charge in [-0.3, -0.25) is 0 Å². The Bertz CT molecular complexity index is 446. The maximum absolute atomic E-state index is 13.6. The van der Waals surface area contributed by atoms with E-state index in [2.05, 4.69) is 0 Å². The third-order valence-electron chi connectivity index (χ3n) is 3.36. The zero-order valence-electron chi connectivity index (χ0n) is 14.0. The van der Waals surface area contributed by atoms with Gasteiger partial charge in [0.25, 0.3) is 0 Å². The highest BCUT2D eigenvalue weighted by Gasteiger charge is 2.39. The molecule has 0 unspecified atom stereocenters. The van der Waals surface area contributed by atoms with Crippen LogP contribution in [0.3, 0.4) is 0 Å². The van der Waals surface area contributed by atoms with Crippen LogP contribution in [-0.2, 0) is 19.7 Å². The highest BCUT2D eigenvalue weighted by molar-refractivity contribution is 6.60. The molecular weight excluding hydrogens is 325 g/mol. The van der Waals surface area contributed by atoms with Crippen LogP contribution in [0.2, 0.25) is 6.04 Å². The molecule has 0 aliphatic carbocycles. The molecule has 0 saturated carbocycles. The summed E-state index contributed by atoms with van der Waals surface area (Å²) in [4.78, 5) is 0. The summed E-state index contributed by atoms with van der Waals surface area (Å²) < 4.78 is 57.2. The van der Waals surface area contributed by atoms with Crippen molar-refractivity contribution in [3.8, 4) is 0 Å². The van der Waals surface area contributed by atoms with Crippen LogP contribution in [0.4, 0.5) is 13.2 Å². The van der Waals surface area contributed by atoms with Gasteiger partial charge in [-0.05, 0) is 40.0 Å². The number of hydrogen-bond donors (Lipinski definition) is 0. The molecule has 0 N–H and O–H groups in total. The van der Waals surface area contributed by atoms with E-state index in [4.69, 9.17) is 13.3 Å². The van der Waals surface area contributed by atoms with Crippen molar-refractivity contribution in [2.24, 2.45) is 0 Å². The van der Waals surface area contributed by atoms with E-state index in [0.29, 0.717) is 50.8 Å². The van der Waals surface area contributed by atoms with Crippen LogP contribution >= 0.6 is 0 Å². The minimum atomic E-state index is -2.72. The Kier molecular flexibility index (Phi) is 8.83. The summed E-state index contributed by atoms with van der Waals surface area (Å²) in [5.41, 5.74) is -0.0807. The lowest BCUT2D eigenvalue weighted by atomic mass is 10.1. The first-order valence-electron chi connectivity index (χ1n) is 8.03. The molecule has 23 heavy (non-hydrogen) atoms. The number of hydrogen-bond acceptors (Lipinski definition) is 3. The summed E-state index contributed by atoms with van der Waals surface area (Å²) in [5.74, 6) is -2.59. The van der Waals surface area contributed by atoms with Gasteiger partial charge in [-0.1, -0.05) is 0 Å². The number of benzene rings is 1. The van der Waals surface area contributed by atoms with E-state index in [1.54, 1.807) is 0 Å². The minimum Gasteiger partial charge on any atom is -0.374 e. The van der Waals surface area contributed by atoms with Gasteiger partial charge in [-0.15, -0.1) is 0 Å². The number of rotatable bonds is 11. The SMILES string of the molecule is CCO[Si](CCCCc1c(F)cc(F)cc1F)(OCC)OCC. The molecule has 7 heteroatoms. The Balaban J connectivity index is 2.60. The molecule has 1 aromatic rings. The molecule has 0 aliphatic heterocycles. The summed E-state index contributed by atoms with van der Waals surface area (Å²) in [6, 6.07) is 2.00. The van der Waals surface area contributed by atoms with Crippen molar-refractivity contribution in [1.29, 1.82) is 0 Å². The van der Waals surface area contributed by atoms with Crippen molar-refractivity contribution >= 4 is 8.80 Å². The molecule has 0 aliphatic rings. The number of unbranched alkanes of at least 4 members (excludes halogenated alkanes) is 1. The molecule has 0 aromatic heterocycles. The smallest absolute Gasteiger partial charge is 0.374 e. The largest absolute Gasteiger partial charge is 0.500 e. The van der Waals surface area contributed by atoms with Gasteiger partial charge in [0.05, 0.1) is 0 Å². The molecular formula is C16H25F3O3Si. The highest BCUT2D eigenvalue weighted by atomic mass is 28.4. The fraction of sp³-hybridized carbons (Fsp3) is 0.625. The molecule has 0 bridgehead atoms. The number of halogens is 3. The Morgan fingerprint density at radius 2 is 1.30 bits per heavy atom. The quantitative estimate of drug-likeness (QED) is 0.435. The van der Waals surface area contributed by atoms with Crippen LogP contribution < -0.4 is 0 Å². The molecule has 0 amide bonds. The summed E-state index contributed by atoms with van der Waals surface area (Å²) in [7, 11) is -2.72. The highest BCUT2D eigenvalue weighted by Crippen LogP contribution is 2.22. The Morgan fingerprint density at radius 3 is 1.74 bits per heavy atom. The molecule has 1 rings (SSSR count). The lowest BCUT2D eigenvalue weighted by Crippen LogP contribution is -2.45. The second kappa shape index (κ2) is 10.1. The molecule has 0 atom stereocenters. The molecule has 0 saturated heterocycles. The van der Waals surface area contributed by atoms with Gasteiger partial charge in [0.2, 0.25) is 0 Å². The normalized spacial score (nSPS) is 11.9. The van der Waals surface area contributed by atoms with Crippen molar-refractivity contribution in [1.82, 2.24) is 0 Å². The predicted octanol–water partition coefficient (Wildman–Crippen LogP) is 4.48. The van der Waals surface area contributed by atoms with Crippen molar-refractivity contribution in [2.45, 2.75) is 46.1 Å². The summed E-state index contributed by atoms with van der Waals surface area (Å²) in [6.07, 6.45) is 1.40. The van der Waals surface area contributed by atoms with Crippen molar-refractivity contribution in [2.75, 3.05) is 19.8 Å². The lowest BCUT2D eigenvalue weighted by Gasteiger charge is -2.28. The predicted molar refractivity (Wildman–Crippen MR) is 84.7 cm³/mol. The Hall–Kier alpha value is -0.893. The summed E-state index contributed by atoms with van der Waals surface area (Å²) >= 11 is 0. The van der Waals surface area contributed by atoms with Crippen molar-refractivity contribution in [3.05, 3.63) is 35.1 Å². The zero-order chi connectivity index (χ0) is 17.3. The average Bonchev–Trinajstić information content (AvgIpc) is 2.46. The fourth-order valence-electron chi connectivity index (χ4n) is 2.46. The third kappa shape index (κ3) is 6.25. The van der Waals surface area contributed by atoms with Gasteiger partial charge in [0.1, 0.15) is 17.5 Å². The Labute approximate surface area is 137 Å². The lowest BCUT2D eigenvalue weighted by molar-refractivity contribution is 0.0707. The fourth-order valence-corrected chi connectivity index (χ4v) is 5.14. The average molecular weight is 350 g/mol. The van der Waals surface area contributed by atoms with Crippen LogP contribution in [0, 0.1) is 17.5 Å². The summed E-state index contributed by atoms with van der Waals surface area (Å²) in [6.45, 7) is 7.11. The topological polar surface area (TPSA) is 27.7 Å². The summed E-state index contributed by atoms with van der Waals surface area (Å²) in [5, 5.41) is 0. The van der Waals surface area contributed by atoms with Crippen LogP contribution in [0.15, 0.2) is 12.1 Å². The molecule has 0 fully saturated rings. The van der Waals surface area contributed by atoms with Gasteiger partial charge in [-0.2, -0.15) is 0 Å². The van der Waals surface area contributed by atoms with E-state index in [1.807, 2.05) is 20.8 Å². The van der Waals surface area contributed by atoms with Crippen LogP contribution in [0.1, 0.15) is 39.2 Å². The van der Waals surface area contributed by atoms with E-state index in [1.165, 1.54) is 0 Å². The molecule has 0 heterocycles. The van der Waals surface area contributed by atoms with E-state index in [0.717, 1.165) is 0 Å². The van der Waals surface area contributed by atoms with E-state index < -0.39 is 26.3 Å². The van der Waals surface area contributed by atoms with Gasteiger partial charge in [0.15, 0.2) is 0 Å². The first-order valence-corrected chi connectivity index (χ1v) is 9.96. The van der Waals surface area contributed by atoms with Crippen LogP contribution in [-0.4, -0.2) is 28.6 Å². The monoisotopic (exact) mass is 350 g/mol. The second-order valence-electron chi connectivity index (χ2n) is 5.04. The van der Waals surface area contributed by atoms with Crippen molar-refractivity contribution < 1.29 is 26.4 Å². The van der Waals surface area contributed by atoms with Gasteiger partial charge in [0, 0.05) is 43.6 Å². The molecule has 0 radical (unpaired) electrons. The maximum atomic E-state index is 13.6. The van der Waals surface area contributed by atoms with E-state index in [-0.39, 0.29) is 12.0 Å².